The summed E-state index contributed by atoms with van der Waals surface area (Å²) in [5.41, 5.74) is 1.30. The highest BCUT2D eigenvalue weighted by Gasteiger charge is 2.22. The van der Waals surface area contributed by atoms with Gasteiger partial charge in [-0.25, -0.2) is 0 Å². The van der Waals surface area contributed by atoms with Gasteiger partial charge in [0.05, 0.1) is 0 Å². The van der Waals surface area contributed by atoms with Crippen LogP contribution < -0.4 is 5.32 Å². The average molecular weight is 196 g/mol. The Hall–Kier alpha value is -0.340. The van der Waals surface area contributed by atoms with E-state index in [4.69, 9.17) is 0 Å². The molecule has 1 saturated heterocycles. The number of nitrogens with one attached hydrogen (secondary N) is 1. The molecule has 14 heavy (non-hydrogen) atoms. The maximum atomic E-state index is 4.08. The van der Waals surface area contributed by atoms with Crippen molar-refractivity contribution in [1.82, 2.24) is 10.2 Å². The summed E-state index contributed by atoms with van der Waals surface area (Å²) in [5, 5.41) is 3.15. The third-order valence-corrected chi connectivity index (χ3v) is 3.29. The van der Waals surface area contributed by atoms with Gasteiger partial charge in [-0.15, -0.1) is 0 Å². The minimum Gasteiger partial charge on any atom is -0.316 e. The molecule has 82 valence electrons. The first kappa shape index (κ1) is 11.7. The van der Waals surface area contributed by atoms with E-state index in [1.165, 1.54) is 25.1 Å². The molecule has 1 aliphatic rings. The minimum atomic E-state index is 0.839. The second-order valence-corrected chi connectivity index (χ2v) is 4.76. The van der Waals surface area contributed by atoms with Crippen molar-refractivity contribution in [2.24, 2.45) is 11.8 Å². The summed E-state index contributed by atoms with van der Waals surface area (Å²) in [7, 11) is 1.98. The Balaban J connectivity index is 2.29. The number of likely N-dealkylation sites (N-methyl/N-ethyl adjacent to an activating group) is 1. The van der Waals surface area contributed by atoms with Crippen LogP contribution in [0.1, 0.15) is 20.3 Å². The van der Waals surface area contributed by atoms with E-state index in [-0.39, 0.29) is 0 Å². The smallest absolute Gasteiger partial charge is 0.0202 e. The molecule has 0 bridgehead atoms. The summed E-state index contributed by atoms with van der Waals surface area (Å²) in [4.78, 5) is 2.53. The Morgan fingerprint density at radius 3 is 2.71 bits per heavy atom. The highest BCUT2D eigenvalue weighted by atomic mass is 15.1. The van der Waals surface area contributed by atoms with Crippen molar-refractivity contribution in [2.75, 3.05) is 33.2 Å². The van der Waals surface area contributed by atoms with Crippen molar-refractivity contribution in [3.05, 3.63) is 12.2 Å². The fraction of sp³-hybridized carbons (Fsp3) is 0.833. The highest BCUT2D eigenvalue weighted by Crippen LogP contribution is 2.22. The highest BCUT2D eigenvalue weighted by molar-refractivity contribution is 5.00. The lowest BCUT2D eigenvalue weighted by atomic mass is 9.88. The van der Waals surface area contributed by atoms with Gasteiger partial charge in [0.2, 0.25) is 0 Å². The zero-order chi connectivity index (χ0) is 10.6. The molecule has 1 fully saturated rings. The van der Waals surface area contributed by atoms with Gasteiger partial charge in [-0.2, -0.15) is 0 Å². The van der Waals surface area contributed by atoms with Crippen LogP contribution in [0.4, 0.5) is 0 Å². The first-order valence-corrected chi connectivity index (χ1v) is 5.67. The lowest BCUT2D eigenvalue weighted by Crippen LogP contribution is -2.40. The number of rotatable bonds is 4. The van der Waals surface area contributed by atoms with Gasteiger partial charge >= 0.3 is 0 Å². The van der Waals surface area contributed by atoms with E-state index in [9.17, 15) is 0 Å². The van der Waals surface area contributed by atoms with E-state index >= 15 is 0 Å². The molecular formula is C12H24N2. The van der Waals surface area contributed by atoms with Crippen molar-refractivity contribution in [3.8, 4) is 0 Å². The molecule has 1 heterocycles. The molecule has 1 rings (SSSR count). The Labute approximate surface area is 88.4 Å². The maximum absolute atomic E-state index is 4.08. The molecule has 2 nitrogen and oxygen atoms in total. The van der Waals surface area contributed by atoms with Crippen LogP contribution in [0.5, 0.6) is 0 Å². The van der Waals surface area contributed by atoms with Crippen LogP contribution in [0, 0.1) is 11.8 Å². The number of hydrogen-bond donors (Lipinski definition) is 1. The molecule has 0 aromatic heterocycles. The average Bonchev–Trinajstić information content (AvgIpc) is 2.12. The fourth-order valence-corrected chi connectivity index (χ4v) is 2.11. The third-order valence-electron chi connectivity index (χ3n) is 3.29. The van der Waals surface area contributed by atoms with Gasteiger partial charge in [0.25, 0.3) is 0 Å². The van der Waals surface area contributed by atoms with Crippen molar-refractivity contribution >= 4 is 0 Å². The number of hydrogen-bond acceptors (Lipinski definition) is 2. The topological polar surface area (TPSA) is 15.3 Å². The van der Waals surface area contributed by atoms with Gasteiger partial charge in [-0.3, -0.25) is 4.90 Å². The SMILES string of the molecule is C=C(CNC)CN1CCC(C)C(C)C1. The van der Waals surface area contributed by atoms with Crippen LogP contribution >= 0.6 is 0 Å². The lowest BCUT2D eigenvalue weighted by Gasteiger charge is -2.35. The summed E-state index contributed by atoms with van der Waals surface area (Å²) < 4.78 is 0. The summed E-state index contributed by atoms with van der Waals surface area (Å²) >= 11 is 0. The van der Waals surface area contributed by atoms with Gasteiger partial charge < -0.3 is 5.32 Å². The van der Waals surface area contributed by atoms with Crippen molar-refractivity contribution < 1.29 is 0 Å². The fourth-order valence-electron chi connectivity index (χ4n) is 2.11. The van der Waals surface area contributed by atoms with E-state index in [0.29, 0.717) is 0 Å². The summed E-state index contributed by atoms with van der Waals surface area (Å²) in [6, 6.07) is 0. The Bertz CT molecular complexity index is 189. The molecule has 0 saturated carbocycles. The Kier molecular flexibility index (Phi) is 4.63. The van der Waals surface area contributed by atoms with E-state index < -0.39 is 0 Å². The minimum absolute atomic E-state index is 0.839. The molecule has 0 radical (unpaired) electrons. The maximum Gasteiger partial charge on any atom is 0.0202 e. The van der Waals surface area contributed by atoms with Crippen molar-refractivity contribution in [3.63, 3.8) is 0 Å². The first-order chi connectivity index (χ1) is 6.63. The van der Waals surface area contributed by atoms with Crippen LogP contribution in [0.2, 0.25) is 0 Å². The molecule has 1 aliphatic heterocycles. The van der Waals surface area contributed by atoms with Crippen LogP contribution in [0.25, 0.3) is 0 Å². The molecule has 0 amide bonds. The molecule has 1 N–H and O–H groups in total. The van der Waals surface area contributed by atoms with E-state index in [0.717, 1.165) is 24.9 Å². The molecule has 2 atom stereocenters. The van der Waals surface area contributed by atoms with Gasteiger partial charge in [0.1, 0.15) is 0 Å². The molecule has 2 heteroatoms. The summed E-state index contributed by atoms with van der Waals surface area (Å²) in [6.07, 6.45) is 1.34. The first-order valence-electron chi connectivity index (χ1n) is 5.67. The Morgan fingerprint density at radius 1 is 1.43 bits per heavy atom. The zero-order valence-corrected chi connectivity index (χ0v) is 9.84. The number of nitrogens with zero attached hydrogens (tertiary/aromatic N) is 1. The number of piperidine rings is 1. The van der Waals surface area contributed by atoms with Crippen LogP contribution in [-0.2, 0) is 0 Å². The normalized spacial score (nSPS) is 29.1. The molecule has 0 aromatic carbocycles. The second-order valence-electron chi connectivity index (χ2n) is 4.76. The molecule has 0 spiro atoms. The van der Waals surface area contributed by atoms with Crippen LogP contribution in [0.15, 0.2) is 12.2 Å². The predicted molar refractivity (Wildman–Crippen MR) is 62.5 cm³/mol. The molecular weight excluding hydrogens is 172 g/mol. The number of likely N-dealkylation sites (tertiary alicyclic amines) is 1. The van der Waals surface area contributed by atoms with Gasteiger partial charge in [-0.05, 0) is 37.4 Å². The largest absolute Gasteiger partial charge is 0.316 e. The van der Waals surface area contributed by atoms with E-state index in [1.807, 2.05) is 7.05 Å². The van der Waals surface area contributed by atoms with Crippen LogP contribution in [0.3, 0.4) is 0 Å². The monoisotopic (exact) mass is 196 g/mol. The summed E-state index contributed by atoms with van der Waals surface area (Å²) in [5.74, 6) is 1.73. The molecule has 0 aromatic rings. The standard InChI is InChI=1S/C12H24N2/c1-10(7-13-4)8-14-6-5-11(2)12(3)9-14/h11-13H,1,5-9H2,2-4H3. The van der Waals surface area contributed by atoms with Crippen molar-refractivity contribution in [2.45, 2.75) is 20.3 Å². The van der Waals surface area contributed by atoms with Gasteiger partial charge in [0.15, 0.2) is 0 Å². The van der Waals surface area contributed by atoms with Crippen LogP contribution in [-0.4, -0.2) is 38.1 Å². The third kappa shape index (κ3) is 3.43. The predicted octanol–water partition coefficient (Wildman–Crippen LogP) is 1.74. The Morgan fingerprint density at radius 2 is 2.14 bits per heavy atom. The van der Waals surface area contributed by atoms with Gasteiger partial charge in [0, 0.05) is 19.6 Å². The summed E-state index contributed by atoms with van der Waals surface area (Å²) in [6.45, 7) is 13.3. The molecule has 0 aliphatic carbocycles. The molecule has 2 unspecified atom stereocenters. The van der Waals surface area contributed by atoms with E-state index in [1.54, 1.807) is 0 Å². The lowest BCUT2D eigenvalue weighted by molar-refractivity contribution is 0.148. The second kappa shape index (κ2) is 5.52. The van der Waals surface area contributed by atoms with Gasteiger partial charge in [-0.1, -0.05) is 20.4 Å². The quantitative estimate of drug-likeness (QED) is 0.689. The van der Waals surface area contributed by atoms with E-state index in [2.05, 4.69) is 30.6 Å². The zero-order valence-electron chi connectivity index (χ0n) is 9.84. The van der Waals surface area contributed by atoms with Crippen molar-refractivity contribution in [1.29, 1.82) is 0 Å².